The van der Waals surface area contributed by atoms with Gasteiger partial charge >= 0.3 is 0 Å². The van der Waals surface area contributed by atoms with Crippen molar-refractivity contribution in [3.8, 4) is 11.5 Å². The van der Waals surface area contributed by atoms with Gasteiger partial charge in [0.05, 0.1) is 19.9 Å². The van der Waals surface area contributed by atoms with Crippen LogP contribution in [0.5, 0.6) is 11.5 Å². The highest BCUT2D eigenvalue weighted by molar-refractivity contribution is 14.1. The van der Waals surface area contributed by atoms with Crippen molar-refractivity contribution in [1.29, 1.82) is 0 Å². The molecule has 5 heteroatoms. The number of aromatic nitrogens is 1. The van der Waals surface area contributed by atoms with Gasteiger partial charge in [0.25, 0.3) is 0 Å². The minimum Gasteiger partial charge on any atom is -0.493 e. The number of halogens is 1. The molecular formula is C13H21IN2O2. The molecule has 0 fully saturated rings. The van der Waals surface area contributed by atoms with Crippen molar-refractivity contribution < 1.29 is 9.47 Å². The third-order valence-electron chi connectivity index (χ3n) is 2.87. The maximum absolute atomic E-state index is 5.36. The first-order chi connectivity index (χ1) is 8.63. The second kappa shape index (κ2) is 7.78. The summed E-state index contributed by atoms with van der Waals surface area (Å²) in [6.45, 7) is 5.12. The number of pyridine rings is 1. The van der Waals surface area contributed by atoms with Crippen LogP contribution in [0.3, 0.4) is 0 Å². The molecule has 0 spiro atoms. The van der Waals surface area contributed by atoms with E-state index in [-0.39, 0.29) is 0 Å². The van der Waals surface area contributed by atoms with Gasteiger partial charge in [-0.3, -0.25) is 4.98 Å². The summed E-state index contributed by atoms with van der Waals surface area (Å²) in [6, 6.07) is 2.28. The maximum atomic E-state index is 5.36. The second-order valence-electron chi connectivity index (χ2n) is 4.38. The first-order valence-electron chi connectivity index (χ1n) is 5.99. The second-order valence-corrected chi connectivity index (χ2v) is 5.26. The molecule has 0 aliphatic carbocycles. The number of nitrogens with one attached hydrogen (secondary N) is 1. The highest BCUT2D eigenvalue weighted by Gasteiger charge is 2.15. The summed E-state index contributed by atoms with van der Waals surface area (Å²) in [5.41, 5.74) is 0.882. The smallest absolute Gasteiger partial charge is 0.183 e. The van der Waals surface area contributed by atoms with Crippen LogP contribution >= 0.6 is 22.6 Å². The number of nitrogens with zero attached hydrogens (tertiary/aromatic N) is 1. The zero-order valence-electron chi connectivity index (χ0n) is 11.4. The van der Waals surface area contributed by atoms with Gasteiger partial charge in [0.2, 0.25) is 0 Å². The minimum absolute atomic E-state index is 0.475. The zero-order chi connectivity index (χ0) is 13.5. The van der Waals surface area contributed by atoms with Gasteiger partial charge in [-0.05, 0) is 5.92 Å². The first-order valence-corrected chi connectivity index (χ1v) is 7.51. The number of methoxy groups -OCH3 is 2. The quantitative estimate of drug-likeness (QED) is 0.597. The van der Waals surface area contributed by atoms with Crippen molar-refractivity contribution in [2.45, 2.75) is 26.4 Å². The Balaban J connectivity index is 2.78. The first kappa shape index (κ1) is 15.5. The van der Waals surface area contributed by atoms with Crippen LogP contribution < -0.4 is 14.8 Å². The lowest BCUT2D eigenvalue weighted by molar-refractivity contribution is 0.345. The molecule has 1 atom stereocenters. The summed E-state index contributed by atoms with van der Waals surface area (Å²) >= 11 is 2.40. The van der Waals surface area contributed by atoms with Gasteiger partial charge in [-0.15, -0.1) is 0 Å². The molecule has 0 bridgehead atoms. The van der Waals surface area contributed by atoms with Crippen molar-refractivity contribution >= 4 is 22.6 Å². The van der Waals surface area contributed by atoms with Gasteiger partial charge in [-0.2, -0.15) is 0 Å². The fraction of sp³-hybridized carbons (Fsp3) is 0.615. The molecule has 0 radical (unpaired) electrons. The standard InChI is InChI=1S/C13H21IN2O2/c1-9(2)10(7-14)16-8-11-13(18-4)12(17-3)5-6-15-11/h5-6,9-10,16H,7-8H2,1-4H3. The van der Waals surface area contributed by atoms with Crippen LogP contribution in [0.25, 0.3) is 0 Å². The third kappa shape index (κ3) is 3.98. The lowest BCUT2D eigenvalue weighted by Gasteiger charge is -2.20. The van der Waals surface area contributed by atoms with E-state index in [0.717, 1.165) is 15.9 Å². The molecule has 0 aliphatic heterocycles. The van der Waals surface area contributed by atoms with E-state index in [4.69, 9.17) is 9.47 Å². The van der Waals surface area contributed by atoms with Crippen LogP contribution in [0.2, 0.25) is 0 Å². The molecule has 1 heterocycles. The molecule has 0 amide bonds. The van der Waals surface area contributed by atoms with E-state index in [1.807, 2.05) is 0 Å². The Kier molecular flexibility index (Phi) is 6.70. The molecule has 0 saturated heterocycles. The zero-order valence-corrected chi connectivity index (χ0v) is 13.5. The van der Waals surface area contributed by atoms with Crippen LogP contribution in [-0.2, 0) is 6.54 Å². The highest BCUT2D eigenvalue weighted by atomic mass is 127. The Labute approximate surface area is 123 Å². The van der Waals surface area contributed by atoms with E-state index in [1.54, 1.807) is 26.5 Å². The molecule has 0 aliphatic rings. The average molecular weight is 364 g/mol. The summed E-state index contributed by atoms with van der Waals surface area (Å²) in [5, 5.41) is 3.51. The van der Waals surface area contributed by atoms with Gasteiger partial charge < -0.3 is 14.8 Å². The molecule has 1 aromatic heterocycles. The van der Waals surface area contributed by atoms with E-state index in [0.29, 0.717) is 24.3 Å². The highest BCUT2D eigenvalue weighted by Crippen LogP contribution is 2.28. The van der Waals surface area contributed by atoms with Crippen LogP contribution in [0.1, 0.15) is 19.5 Å². The summed E-state index contributed by atoms with van der Waals surface area (Å²) < 4.78 is 11.7. The van der Waals surface area contributed by atoms with Crippen molar-refractivity contribution in [1.82, 2.24) is 10.3 Å². The Morgan fingerprint density at radius 2 is 2.06 bits per heavy atom. The third-order valence-corrected chi connectivity index (χ3v) is 3.82. The summed E-state index contributed by atoms with van der Waals surface area (Å²) in [7, 11) is 3.28. The molecule has 1 rings (SSSR count). The SMILES string of the molecule is COc1ccnc(CNC(CI)C(C)C)c1OC. The summed E-state index contributed by atoms with van der Waals surface area (Å²) in [6.07, 6.45) is 1.74. The fourth-order valence-electron chi connectivity index (χ4n) is 1.67. The van der Waals surface area contributed by atoms with Crippen LogP contribution in [0, 0.1) is 5.92 Å². The number of rotatable bonds is 7. The molecule has 4 nitrogen and oxygen atoms in total. The lowest BCUT2D eigenvalue weighted by Crippen LogP contribution is -2.35. The Morgan fingerprint density at radius 1 is 1.33 bits per heavy atom. The lowest BCUT2D eigenvalue weighted by atomic mass is 10.1. The Morgan fingerprint density at radius 3 is 2.56 bits per heavy atom. The van der Waals surface area contributed by atoms with Crippen molar-refractivity contribution in [3.05, 3.63) is 18.0 Å². The molecule has 1 aromatic rings. The summed E-state index contributed by atoms with van der Waals surface area (Å²) in [5.74, 6) is 2.03. The van der Waals surface area contributed by atoms with Gasteiger partial charge in [-0.1, -0.05) is 36.4 Å². The van der Waals surface area contributed by atoms with E-state index in [1.165, 1.54) is 0 Å². The largest absolute Gasteiger partial charge is 0.493 e. The molecule has 1 unspecified atom stereocenters. The van der Waals surface area contributed by atoms with Gasteiger partial charge in [-0.25, -0.2) is 0 Å². The van der Waals surface area contributed by atoms with Crippen molar-refractivity contribution in [3.63, 3.8) is 0 Å². The number of hydrogen-bond donors (Lipinski definition) is 1. The van der Waals surface area contributed by atoms with Crippen LogP contribution in [-0.4, -0.2) is 29.7 Å². The van der Waals surface area contributed by atoms with Gasteiger partial charge in [0.1, 0.15) is 0 Å². The van der Waals surface area contributed by atoms with Crippen LogP contribution in [0.15, 0.2) is 12.3 Å². The Hall–Kier alpha value is -0.560. The van der Waals surface area contributed by atoms with Crippen molar-refractivity contribution in [2.24, 2.45) is 5.92 Å². The van der Waals surface area contributed by atoms with E-state index >= 15 is 0 Å². The molecule has 1 N–H and O–H groups in total. The van der Waals surface area contributed by atoms with Crippen molar-refractivity contribution in [2.75, 3.05) is 18.6 Å². The number of alkyl halides is 1. The van der Waals surface area contributed by atoms with Crippen LogP contribution in [0.4, 0.5) is 0 Å². The Bertz CT molecular complexity index is 372. The van der Waals surface area contributed by atoms with E-state index < -0.39 is 0 Å². The van der Waals surface area contributed by atoms with Gasteiger partial charge in [0, 0.05) is 29.3 Å². The maximum Gasteiger partial charge on any atom is 0.183 e. The predicted molar refractivity (Wildman–Crippen MR) is 81.7 cm³/mol. The average Bonchev–Trinajstić information content (AvgIpc) is 2.38. The monoisotopic (exact) mass is 364 g/mol. The molecule has 18 heavy (non-hydrogen) atoms. The summed E-state index contributed by atoms with van der Waals surface area (Å²) in [4.78, 5) is 4.35. The fourth-order valence-corrected chi connectivity index (χ4v) is 3.00. The normalized spacial score (nSPS) is 12.6. The molecule has 102 valence electrons. The minimum atomic E-state index is 0.475. The predicted octanol–water partition coefficient (Wildman–Crippen LogP) is 2.65. The van der Waals surface area contributed by atoms with Gasteiger partial charge in [0.15, 0.2) is 11.5 Å². The number of ether oxygens (including phenoxy) is 2. The van der Waals surface area contributed by atoms with E-state index in [9.17, 15) is 0 Å². The topological polar surface area (TPSA) is 43.4 Å². The number of hydrogen-bond acceptors (Lipinski definition) is 4. The molecule has 0 aromatic carbocycles. The molecule has 0 saturated carbocycles. The van der Waals surface area contributed by atoms with E-state index in [2.05, 4.69) is 46.7 Å². The molecular weight excluding hydrogens is 343 g/mol.